The summed E-state index contributed by atoms with van der Waals surface area (Å²) < 4.78 is 71.8. The van der Waals surface area contributed by atoms with Crippen LogP contribution in [0.25, 0.3) is 0 Å². The van der Waals surface area contributed by atoms with Gasteiger partial charge in [-0.3, -0.25) is 0 Å². The molecule has 0 spiro atoms. The van der Waals surface area contributed by atoms with Crippen LogP contribution in [-0.2, 0) is 20.2 Å². The first-order valence-electron chi connectivity index (χ1n) is 14.2. The Morgan fingerprint density at radius 1 is 0.565 bits per heavy atom. The van der Waals surface area contributed by atoms with Crippen molar-refractivity contribution < 1.29 is 34.7 Å². The minimum atomic E-state index is -3.87. The van der Waals surface area contributed by atoms with Gasteiger partial charge in [0.05, 0.1) is 17.8 Å². The lowest BCUT2D eigenvalue weighted by Crippen LogP contribution is -2.12. The van der Waals surface area contributed by atoms with Crippen LogP contribution in [0.5, 0.6) is 23.0 Å². The first-order valence-corrected chi connectivity index (χ1v) is 18.0. The second kappa shape index (κ2) is 16.5. The van der Waals surface area contributed by atoms with Crippen LogP contribution in [0.3, 0.4) is 0 Å². The minimum absolute atomic E-state index is 0. The van der Waals surface area contributed by atoms with Crippen LogP contribution >= 0.6 is 22.6 Å². The standard InChI is InChI=1S/C17H19IO4S.C17H20O4S.CH4/c1-11(2)14-9-17(21-4)15(18)10-16(14)22-23(19,20)13-7-5-12(3)6-8-13;1-12(2)16-11-14(20-4)7-10-17(16)21-22(18,19)15-8-5-13(3)6-9-15;/h5-11H,1-4H3;5-12H,1-4H3;1H4. The Morgan fingerprint density at radius 2 is 1.00 bits per heavy atom. The summed E-state index contributed by atoms with van der Waals surface area (Å²) in [5.74, 6) is 2.25. The molecule has 0 unspecified atom stereocenters. The molecular formula is C35H43IO8S2. The van der Waals surface area contributed by atoms with Crippen molar-refractivity contribution in [1.29, 1.82) is 0 Å². The number of aryl methyl sites for hydroxylation is 2. The number of rotatable bonds is 10. The third-order valence-corrected chi connectivity index (χ3v) is 10.1. The lowest BCUT2D eigenvalue weighted by molar-refractivity contribution is 0.409. The highest BCUT2D eigenvalue weighted by atomic mass is 127. The molecule has 8 nitrogen and oxygen atoms in total. The molecule has 0 aliphatic heterocycles. The number of hydrogen-bond acceptors (Lipinski definition) is 8. The van der Waals surface area contributed by atoms with E-state index in [-0.39, 0.29) is 29.1 Å². The van der Waals surface area contributed by atoms with Crippen LogP contribution in [0.1, 0.15) is 69.2 Å². The summed E-state index contributed by atoms with van der Waals surface area (Å²) in [4.78, 5) is 0.284. The van der Waals surface area contributed by atoms with Crippen LogP contribution in [-0.4, -0.2) is 31.1 Å². The van der Waals surface area contributed by atoms with E-state index in [9.17, 15) is 16.8 Å². The van der Waals surface area contributed by atoms with E-state index < -0.39 is 20.2 Å². The van der Waals surface area contributed by atoms with Gasteiger partial charge in [0, 0.05) is 11.1 Å². The number of halogens is 1. The SMILES string of the molecule is C.COc1cc(C(C)C)c(OS(=O)(=O)c2ccc(C)cc2)cc1I.COc1ccc(OS(=O)(=O)c2ccc(C)cc2)c(C(C)C)c1. The molecule has 46 heavy (non-hydrogen) atoms. The normalized spacial score (nSPS) is 11.3. The maximum Gasteiger partial charge on any atom is 0.339 e. The average Bonchev–Trinajstić information content (AvgIpc) is 2.97. The van der Waals surface area contributed by atoms with Crippen molar-refractivity contribution in [3.63, 3.8) is 0 Å². The Balaban J connectivity index is 0.000000314. The Kier molecular flexibility index (Phi) is 14.0. The van der Waals surface area contributed by atoms with Crippen LogP contribution in [0.2, 0.25) is 0 Å². The number of benzene rings is 4. The van der Waals surface area contributed by atoms with E-state index >= 15 is 0 Å². The number of ether oxygens (including phenoxy) is 2. The molecule has 250 valence electrons. The summed E-state index contributed by atoms with van der Waals surface area (Å²) in [5, 5.41) is 0. The maximum atomic E-state index is 12.5. The van der Waals surface area contributed by atoms with E-state index in [4.69, 9.17) is 17.8 Å². The number of hydrogen-bond donors (Lipinski definition) is 0. The largest absolute Gasteiger partial charge is 0.497 e. The molecule has 0 saturated heterocycles. The Bertz CT molecular complexity index is 1820. The van der Waals surface area contributed by atoms with E-state index in [0.717, 1.165) is 25.8 Å². The summed E-state index contributed by atoms with van der Waals surface area (Å²) in [7, 11) is -4.55. The molecule has 0 atom stereocenters. The van der Waals surface area contributed by atoms with Crippen molar-refractivity contribution in [3.05, 3.63) is 105 Å². The molecule has 0 saturated carbocycles. The fourth-order valence-electron chi connectivity index (χ4n) is 4.15. The Morgan fingerprint density at radius 3 is 1.41 bits per heavy atom. The highest BCUT2D eigenvalue weighted by Gasteiger charge is 2.22. The van der Waals surface area contributed by atoms with Crippen LogP contribution in [0.15, 0.2) is 88.7 Å². The molecule has 0 aliphatic rings. The van der Waals surface area contributed by atoms with Gasteiger partial charge in [0.2, 0.25) is 0 Å². The quantitative estimate of drug-likeness (QED) is 0.116. The summed E-state index contributed by atoms with van der Waals surface area (Å²) in [6.45, 7) is 11.7. The third-order valence-electron chi connectivity index (χ3n) is 6.76. The zero-order valence-electron chi connectivity index (χ0n) is 26.6. The van der Waals surface area contributed by atoms with Crippen molar-refractivity contribution in [2.24, 2.45) is 0 Å². The van der Waals surface area contributed by atoms with Gasteiger partial charge in [-0.05, 0) is 103 Å². The first-order chi connectivity index (χ1) is 21.1. The zero-order valence-corrected chi connectivity index (χ0v) is 30.4. The molecule has 4 rings (SSSR count). The number of methoxy groups -OCH3 is 2. The Hall–Kier alpha value is -3.29. The highest BCUT2D eigenvalue weighted by Crippen LogP contribution is 2.36. The lowest BCUT2D eigenvalue weighted by atomic mass is 10.0. The molecule has 11 heteroatoms. The van der Waals surface area contributed by atoms with Crippen LogP contribution < -0.4 is 17.8 Å². The molecular weight excluding hydrogens is 739 g/mol. The van der Waals surface area contributed by atoms with Gasteiger partial charge in [-0.25, -0.2) is 0 Å². The smallest absolute Gasteiger partial charge is 0.339 e. The third kappa shape index (κ3) is 10.1. The summed E-state index contributed by atoms with van der Waals surface area (Å²) in [6, 6.07) is 21.8. The molecule has 0 fully saturated rings. The second-order valence-corrected chi connectivity index (χ2v) is 15.2. The molecule has 0 bridgehead atoms. The highest BCUT2D eigenvalue weighted by molar-refractivity contribution is 14.1. The topological polar surface area (TPSA) is 105 Å². The maximum absolute atomic E-state index is 12.5. The fraction of sp³-hybridized carbons (Fsp3) is 0.314. The minimum Gasteiger partial charge on any atom is -0.497 e. The molecule has 0 amide bonds. The molecule has 0 N–H and O–H groups in total. The van der Waals surface area contributed by atoms with Gasteiger partial charge in [0.15, 0.2) is 0 Å². The zero-order chi connectivity index (χ0) is 33.5. The van der Waals surface area contributed by atoms with E-state index in [1.54, 1.807) is 87.0 Å². The van der Waals surface area contributed by atoms with Gasteiger partial charge in [0.25, 0.3) is 0 Å². The molecule has 4 aromatic carbocycles. The van der Waals surface area contributed by atoms with Crippen molar-refractivity contribution in [3.8, 4) is 23.0 Å². The first kappa shape index (κ1) is 38.9. The van der Waals surface area contributed by atoms with Crippen LogP contribution in [0.4, 0.5) is 0 Å². The van der Waals surface area contributed by atoms with Crippen molar-refractivity contribution in [2.45, 2.75) is 70.6 Å². The van der Waals surface area contributed by atoms with Crippen molar-refractivity contribution in [2.75, 3.05) is 14.2 Å². The molecule has 0 aliphatic carbocycles. The molecule has 0 heterocycles. The monoisotopic (exact) mass is 782 g/mol. The fourth-order valence-corrected chi connectivity index (χ4v) is 6.71. The summed E-state index contributed by atoms with van der Waals surface area (Å²) in [6.07, 6.45) is 0. The lowest BCUT2D eigenvalue weighted by Gasteiger charge is -2.16. The van der Waals surface area contributed by atoms with Crippen LogP contribution in [0, 0.1) is 17.4 Å². The van der Waals surface area contributed by atoms with Gasteiger partial charge in [0.1, 0.15) is 32.8 Å². The van der Waals surface area contributed by atoms with Gasteiger partial charge >= 0.3 is 20.2 Å². The Labute approximate surface area is 288 Å². The second-order valence-electron chi connectivity index (χ2n) is 10.9. The average molecular weight is 783 g/mol. The van der Waals surface area contributed by atoms with Crippen molar-refractivity contribution in [1.82, 2.24) is 0 Å². The van der Waals surface area contributed by atoms with E-state index in [2.05, 4.69) is 22.6 Å². The van der Waals surface area contributed by atoms with Crippen molar-refractivity contribution >= 4 is 42.8 Å². The van der Waals surface area contributed by atoms with Gasteiger partial charge in [-0.1, -0.05) is 70.5 Å². The molecule has 4 aromatic rings. The van der Waals surface area contributed by atoms with Gasteiger partial charge in [-0.2, -0.15) is 16.8 Å². The predicted molar refractivity (Wildman–Crippen MR) is 192 cm³/mol. The van der Waals surface area contributed by atoms with E-state index in [1.807, 2.05) is 47.6 Å². The molecule has 0 radical (unpaired) electrons. The van der Waals surface area contributed by atoms with E-state index in [1.165, 1.54) is 0 Å². The molecule has 0 aromatic heterocycles. The predicted octanol–water partition coefficient (Wildman–Crippen LogP) is 9.03. The van der Waals surface area contributed by atoms with E-state index in [0.29, 0.717) is 23.0 Å². The van der Waals surface area contributed by atoms with Gasteiger partial charge in [-0.15, -0.1) is 0 Å². The van der Waals surface area contributed by atoms with Gasteiger partial charge < -0.3 is 17.8 Å². The summed E-state index contributed by atoms with van der Waals surface area (Å²) >= 11 is 2.10. The summed E-state index contributed by atoms with van der Waals surface area (Å²) in [5.41, 5.74) is 3.56.